The van der Waals surface area contributed by atoms with Crippen LogP contribution < -0.4 is 0 Å². The van der Waals surface area contributed by atoms with Crippen molar-refractivity contribution in [3.8, 4) is 0 Å². The number of halogens is 2. The van der Waals surface area contributed by atoms with Gasteiger partial charge in [-0.2, -0.15) is 0 Å². The van der Waals surface area contributed by atoms with Gasteiger partial charge in [-0.3, -0.25) is 4.79 Å². The SMILES string of the molecule is CC(CN(C)S(=O)(=O)c1cc(F)cc(Cl)c1)C(=O)O. The van der Waals surface area contributed by atoms with Crippen LogP contribution in [0.5, 0.6) is 0 Å². The number of carboxylic acids is 1. The average Bonchev–Trinajstić information content (AvgIpc) is 2.27. The quantitative estimate of drug-likeness (QED) is 0.900. The monoisotopic (exact) mass is 309 g/mol. The molecule has 1 unspecified atom stereocenters. The summed E-state index contributed by atoms with van der Waals surface area (Å²) in [7, 11) is -2.74. The Labute approximate surface area is 115 Å². The zero-order valence-electron chi connectivity index (χ0n) is 10.3. The van der Waals surface area contributed by atoms with Crippen LogP contribution in [-0.4, -0.2) is 37.4 Å². The fraction of sp³-hybridized carbons (Fsp3) is 0.364. The minimum absolute atomic E-state index is 0.0433. The van der Waals surface area contributed by atoms with Gasteiger partial charge in [0.05, 0.1) is 10.8 Å². The van der Waals surface area contributed by atoms with Crippen molar-refractivity contribution in [1.82, 2.24) is 4.31 Å². The molecule has 1 aromatic carbocycles. The van der Waals surface area contributed by atoms with Crippen molar-refractivity contribution in [1.29, 1.82) is 0 Å². The van der Waals surface area contributed by atoms with E-state index in [-0.39, 0.29) is 16.5 Å². The van der Waals surface area contributed by atoms with Crippen molar-refractivity contribution < 1.29 is 22.7 Å². The molecule has 0 bridgehead atoms. The summed E-state index contributed by atoms with van der Waals surface area (Å²) in [6.07, 6.45) is 0. The van der Waals surface area contributed by atoms with Crippen LogP contribution in [-0.2, 0) is 14.8 Å². The highest BCUT2D eigenvalue weighted by molar-refractivity contribution is 7.89. The second-order valence-electron chi connectivity index (χ2n) is 4.13. The Morgan fingerprint density at radius 1 is 1.47 bits per heavy atom. The normalized spacial score (nSPS) is 13.5. The molecule has 0 radical (unpaired) electrons. The Bertz CT molecular complexity index is 570. The standard InChI is InChI=1S/C11H13ClFNO4S/c1-7(11(15)16)6-14(2)19(17,18)10-4-8(12)3-9(13)5-10/h3-5,7H,6H2,1-2H3,(H,15,16). The van der Waals surface area contributed by atoms with Crippen LogP contribution in [0.25, 0.3) is 0 Å². The molecule has 0 aliphatic carbocycles. The van der Waals surface area contributed by atoms with Gasteiger partial charge in [-0.25, -0.2) is 17.1 Å². The van der Waals surface area contributed by atoms with Gasteiger partial charge < -0.3 is 5.11 Å². The van der Waals surface area contributed by atoms with E-state index in [9.17, 15) is 17.6 Å². The molecule has 0 aromatic heterocycles. The number of aliphatic carboxylic acids is 1. The Kier molecular flexibility index (Phi) is 4.89. The summed E-state index contributed by atoms with van der Waals surface area (Å²) in [5, 5.41) is 8.71. The van der Waals surface area contributed by atoms with E-state index in [2.05, 4.69) is 0 Å². The Morgan fingerprint density at radius 2 is 2.05 bits per heavy atom. The average molecular weight is 310 g/mol. The Balaban J connectivity index is 3.06. The lowest BCUT2D eigenvalue weighted by atomic mass is 10.2. The van der Waals surface area contributed by atoms with E-state index in [4.69, 9.17) is 16.7 Å². The number of nitrogens with zero attached hydrogens (tertiary/aromatic N) is 1. The van der Waals surface area contributed by atoms with Crippen molar-refractivity contribution in [2.45, 2.75) is 11.8 Å². The highest BCUT2D eigenvalue weighted by Gasteiger charge is 2.25. The van der Waals surface area contributed by atoms with Gasteiger partial charge in [-0.1, -0.05) is 18.5 Å². The van der Waals surface area contributed by atoms with Crippen molar-refractivity contribution in [2.24, 2.45) is 5.92 Å². The maximum atomic E-state index is 13.2. The summed E-state index contributed by atoms with van der Waals surface area (Å²) in [6.45, 7) is 1.17. The highest BCUT2D eigenvalue weighted by atomic mass is 35.5. The van der Waals surface area contributed by atoms with E-state index >= 15 is 0 Å². The maximum Gasteiger partial charge on any atom is 0.307 e. The zero-order chi connectivity index (χ0) is 14.8. The van der Waals surface area contributed by atoms with Crippen LogP contribution in [0, 0.1) is 11.7 Å². The molecule has 0 saturated heterocycles. The molecule has 0 amide bonds. The molecule has 1 aromatic rings. The summed E-state index contributed by atoms with van der Waals surface area (Å²) in [6, 6.07) is 2.94. The topological polar surface area (TPSA) is 74.7 Å². The van der Waals surface area contributed by atoms with Crippen LogP contribution in [0.3, 0.4) is 0 Å². The summed E-state index contributed by atoms with van der Waals surface area (Å²) < 4.78 is 38.2. The number of hydrogen-bond donors (Lipinski definition) is 1. The number of carbonyl (C=O) groups is 1. The third-order valence-electron chi connectivity index (χ3n) is 2.50. The minimum atomic E-state index is -3.97. The third-order valence-corrected chi connectivity index (χ3v) is 4.52. The van der Waals surface area contributed by atoms with Gasteiger partial charge in [-0.05, 0) is 18.2 Å². The van der Waals surface area contributed by atoms with Crippen LogP contribution in [0.2, 0.25) is 5.02 Å². The van der Waals surface area contributed by atoms with Gasteiger partial charge in [0.15, 0.2) is 0 Å². The van der Waals surface area contributed by atoms with Crippen molar-refractivity contribution in [3.63, 3.8) is 0 Å². The lowest BCUT2D eigenvalue weighted by Crippen LogP contribution is -2.33. The van der Waals surface area contributed by atoms with E-state index in [1.807, 2.05) is 0 Å². The summed E-state index contributed by atoms with van der Waals surface area (Å²) in [5.74, 6) is -2.76. The predicted molar refractivity (Wildman–Crippen MR) is 68.0 cm³/mol. The molecule has 8 heteroatoms. The second kappa shape index (κ2) is 5.85. The first-order valence-electron chi connectivity index (χ1n) is 5.30. The van der Waals surface area contributed by atoms with Crippen molar-refractivity contribution >= 4 is 27.6 Å². The van der Waals surface area contributed by atoms with E-state index in [1.165, 1.54) is 14.0 Å². The first kappa shape index (κ1) is 15.9. The molecular formula is C11H13ClFNO4S. The third kappa shape index (κ3) is 3.89. The summed E-state index contributed by atoms with van der Waals surface area (Å²) >= 11 is 5.60. The fourth-order valence-corrected chi connectivity index (χ4v) is 3.02. The fourth-order valence-electron chi connectivity index (χ4n) is 1.42. The molecule has 0 spiro atoms. The molecule has 5 nitrogen and oxygen atoms in total. The van der Waals surface area contributed by atoms with Gasteiger partial charge in [0.2, 0.25) is 10.0 Å². The molecule has 1 N–H and O–H groups in total. The van der Waals surface area contributed by atoms with Crippen LogP contribution in [0.4, 0.5) is 4.39 Å². The molecule has 1 atom stereocenters. The largest absolute Gasteiger partial charge is 0.481 e. The summed E-state index contributed by atoms with van der Waals surface area (Å²) in [5.41, 5.74) is 0. The maximum absolute atomic E-state index is 13.2. The summed E-state index contributed by atoms with van der Waals surface area (Å²) in [4.78, 5) is 10.4. The number of hydrogen-bond acceptors (Lipinski definition) is 3. The van der Waals surface area contributed by atoms with Gasteiger partial charge in [0, 0.05) is 18.6 Å². The zero-order valence-corrected chi connectivity index (χ0v) is 11.9. The van der Waals surface area contributed by atoms with E-state index in [0.29, 0.717) is 0 Å². The molecule has 0 heterocycles. The number of rotatable bonds is 5. The first-order valence-corrected chi connectivity index (χ1v) is 7.11. The Hall–Kier alpha value is -1.18. The smallest absolute Gasteiger partial charge is 0.307 e. The van der Waals surface area contributed by atoms with Gasteiger partial charge in [-0.15, -0.1) is 0 Å². The highest BCUT2D eigenvalue weighted by Crippen LogP contribution is 2.21. The molecule has 106 valence electrons. The Morgan fingerprint density at radius 3 is 2.53 bits per heavy atom. The number of sulfonamides is 1. The lowest BCUT2D eigenvalue weighted by Gasteiger charge is -2.19. The van der Waals surface area contributed by atoms with Gasteiger partial charge >= 0.3 is 5.97 Å². The molecule has 0 fully saturated rings. The van der Waals surface area contributed by atoms with E-state index in [0.717, 1.165) is 22.5 Å². The van der Waals surface area contributed by atoms with Crippen LogP contribution >= 0.6 is 11.6 Å². The van der Waals surface area contributed by atoms with Gasteiger partial charge in [0.25, 0.3) is 0 Å². The molecular weight excluding hydrogens is 297 g/mol. The van der Waals surface area contributed by atoms with Crippen LogP contribution in [0.15, 0.2) is 23.1 Å². The number of benzene rings is 1. The molecule has 0 aliphatic heterocycles. The molecule has 19 heavy (non-hydrogen) atoms. The van der Waals surface area contributed by atoms with Crippen LogP contribution in [0.1, 0.15) is 6.92 Å². The number of carboxylic acid groups (broad SMARTS) is 1. The minimum Gasteiger partial charge on any atom is -0.481 e. The van der Waals surface area contributed by atoms with Crippen molar-refractivity contribution in [2.75, 3.05) is 13.6 Å². The predicted octanol–water partition coefficient (Wildman–Crippen LogP) is 1.82. The second-order valence-corrected chi connectivity index (χ2v) is 6.61. The van der Waals surface area contributed by atoms with Gasteiger partial charge in [0.1, 0.15) is 5.82 Å². The first-order chi connectivity index (χ1) is 8.64. The molecule has 1 rings (SSSR count). The lowest BCUT2D eigenvalue weighted by molar-refractivity contribution is -0.141. The van der Waals surface area contributed by atoms with Crippen molar-refractivity contribution in [3.05, 3.63) is 29.0 Å². The van der Waals surface area contributed by atoms with E-state index in [1.54, 1.807) is 0 Å². The van der Waals surface area contributed by atoms with E-state index < -0.39 is 27.7 Å². The molecule has 0 aliphatic rings. The molecule has 0 saturated carbocycles.